The number of fused-ring (bicyclic) bond motifs is 5. The second-order valence-corrected chi connectivity index (χ2v) is 4.10. The molecule has 1 aromatic rings. The van der Waals surface area contributed by atoms with E-state index in [2.05, 4.69) is 44.2 Å². The van der Waals surface area contributed by atoms with Crippen LogP contribution in [0.1, 0.15) is 29.7 Å². The third-order valence-electron chi connectivity index (χ3n) is 3.01. The Hall–Kier alpha value is -1.08. The van der Waals surface area contributed by atoms with Gasteiger partial charge >= 0.3 is 0 Å². The summed E-state index contributed by atoms with van der Waals surface area (Å²) in [5, 5.41) is 0. The van der Waals surface area contributed by atoms with Crippen molar-refractivity contribution in [2.24, 2.45) is 0 Å². The molecule has 2 bridgehead atoms. The standard InChI is InChI=1S/C12H12O/c1-8-3-4-10-9(7-8)11-5-6-12(10,2)13-11/h3-7,11H,1-2H3/t11-,12+/m1/s1. The summed E-state index contributed by atoms with van der Waals surface area (Å²) in [4.78, 5) is 0. The summed E-state index contributed by atoms with van der Waals surface area (Å²) >= 11 is 0. The van der Waals surface area contributed by atoms with Crippen LogP contribution in [0.3, 0.4) is 0 Å². The highest BCUT2D eigenvalue weighted by Crippen LogP contribution is 2.49. The van der Waals surface area contributed by atoms with E-state index in [9.17, 15) is 0 Å². The van der Waals surface area contributed by atoms with Gasteiger partial charge in [0.25, 0.3) is 0 Å². The topological polar surface area (TPSA) is 9.23 Å². The zero-order chi connectivity index (χ0) is 9.05. The summed E-state index contributed by atoms with van der Waals surface area (Å²) in [5.74, 6) is 0. The SMILES string of the molecule is Cc1ccc2c(c1)[C@H]1C=C[C@]2(C)O1. The van der Waals surface area contributed by atoms with Gasteiger partial charge in [-0.3, -0.25) is 0 Å². The fourth-order valence-electron chi connectivity index (χ4n) is 2.30. The first-order chi connectivity index (χ1) is 6.19. The lowest BCUT2D eigenvalue weighted by Gasteiger charge is -2.17. The number of ether oxygens (including phenoxy) is 1. The Labute approximate surface area is 78.0 Å². The summed E-state index contributed by atoms with van der Waals surface area (Å²) in [5.41, 5.74) is 3.86. The Morgan fingerprint density at radius 1 is 1.38 bits per heavy atom. The van der Waals surface area contributed by atoms with E-state index in [1.165, 1.54) is 16.7 Å². The van der Waals surface area contributed by atoms with E-state index < -0.39 is 0 Å². The molecule has 0 aliphatic carbocycles. The van der Waals surface area contributed by atoms with Gasteiger partial charge in [0.15, 0.2) is 0 Å². The molecule has 2 aliphatic heterocycles. The van der Waals surface area contributed by atoms with Crippen molar-refractivity contribution in [3.63, 3.8) is 0 Å². The van der Waals surface area contributed by atoms with Crippen molar-refractivity contribution in [3.8, 4) is 0 Å². The van der Waals surface area contributed by atoms with E-state index >= 15 is 0 Å². The predicted molar refractivity (Wildman–Crippen MR) is 51.5 cm³/mol. The molecule has 2 atom stereocenters. The Balaban J connectivity index is 2.28. The Morgan fingerprint density at radius 2 is 2.23 bits per heavy atom. The Bertz CT molecular complexity index is 406. The van der Waals surface area contributed by atoms with Gasteiger partial charge in [-0.05, 0) is 31.1 Å². The molecule has 0 N–H and O–H groups in total. The quantitative estimate of drug-likeness (QED) is 0.547. The molecule has 0 amide bonds. The van der Waals surface area contributed by atoms with Crippen molar-refractivity contribution < 1.29 is 4.74 Å². The highest BCUT2D eigenvalue weighted by atomic mass is 16.5. The number of aryl methyl sites for hydroxylation is 1. The summed E-state index contributed by atoms with van der Waals surface area (Å²) in [7, 11) is 0. The minimum absolute atomic E-state index is 0.145. The van der Waals surface area contributed by atoms with Crippen LogP contribution in [0, 0.1) is 6.92 Å². The Morgan fingerprint density at radius 3 is 3.08 bits per heavy atom. The van der Waals surface area contributed by atoms with E-state index in [1.54, 1.807) is 0 Å². The average Bonchev–Trinajstić information content (AvgIpc) is 2.58. The molecular weight excluding hydrogens is 160 g/mol. The second-order valence-electron chi connectivity index (χ2n) is 4.10. The normalized spacial score (nSPS) is 33.8. The van der Waals surface area contributed by atoms with Gasteiger partial charge < -0.3 is 4.74 Å². The van der Waals surface area contributed by atoms with Crippen molar-refractivity contribution in [3.05, 3.63) is 47.0 Å². The third-order valence-corrected chi connectivity index (χ3v) is 3.01. The molecule has 0 radical (unpaired) electrons. The van der Waals surface area contributed by atoms with Crippen LogP contribution in [-0.4, -0.2) is 0 Å². The van der Waals surface area contributed by atoms with Gasteiger partial charge in [0.2, 0.25) is 0 Å². The van der Waals surface area contributed by atoms with Gasteiger partial charge in [-0.1, -0.05) is 29.8 Å². The maximum absolute atomic E-state index is 5.87. The maximum atomic E-state index is 5.87. The molecule has 1 aromatic carbocycles. The average molecular weight is 172 g/mol. The van der Waals surface area contributed by atoms with E-state index in [0.29, 0.717) is 0 Å². The zero-order valence-corrected chi connectivity index (χ0v) is 7.87. The smallest absolute Gasteiger partial charge is 0.110 e. The lowest BCUT2D eigenvalue weighted by atomic mass is 9.88. The van der Waals surface area contributed by atoms with Gasteiger partial charge in [0.05, 0.1) is 0 Å². The summed E-state index contributed by atoms with van der Waals surface area (Å²) < 4.78 is 5.87. The van der Waals surface area contributed by atoms with Crippen LogP contribution in [0.25, 0.3) is 0 Å². The Kier molecular flexibility index (Phi) is 1.15. The molecule has 1 heteroatoms. The van der Waals surface area contributed by atoms with Crippen LogP contribution in [0.15, 0.2) is 30.4 Å². The molecule has 1 nitrogen and oxygen atoms in total. The van der Waals surface area contributed by atoms with E-state index in [-0.39, 0.29) is 11.7 Å². The first-order valence-corrected chi connectivity index (χ1v) is 4.67. The van der Waals surface area contributed by atoms with Crippen molar-refractivity contribution in [2.75, 3.05) is 0 Å². The van der Waals surface area contributed by atoms with Gasteiger partial charge in [0, 0.05) is 0 Å². The van der Waals surface area contributed by atoms with Crippen molar-refractivity contribution in [1.82, 2.24) is 0 Å². The van der Waals surface area contributed by atoms with E-state index in [1.807, 2.05) is 0 Å². The van der Waals surface area contributed by atoms with Crippen LogP contribution in [0.4, 0.5) is 0 Å². The number of rotatable bonds is 0. The molecule has 66 valence electrons. The first-order valence-electron chi connectivity index (χ1n) is 4.67. The minimum Gasteiger partial charge on any atom is -0.354 e. The van der Waals surface area contributed by atoms with Crippen molar-refractivity contribution in [1.29, 1.82) is 0 Å². The number of hydrogen-bond donors (Lipinski definition) is 0. The summed E-state index contributed by atoms with van der Waals surface area (Å²) in [6.07, 6.45) is 4.52. The van der Waals surface area contributed by atoms with Gasteiger partial charge in [-0.2, -0.15) is 0 Å². The van der Waals surface area contributed by atoms with E-state index in [0.717, 1.165) is 0 Å². The number of hydrogen-bond acceptors (Lipinski definition) is 1. The molecular formula is C12H12O. The molecule has 0 unspecified atom stereocenters. The van der Waals surface area contributed by atoms with Gasteiger partial charge in [0.1, 0.15) is 11.7 Å². The molecule has 0 saturated carbocycles. The molecule has 0 spiro atoms. The highest BCUT2D eigenvalue weighted by molar-refractivity contribution is 5.48. The zero-order valence-electron chi connectivity index (χ0n) is 7.87. The lowest BCUT2D eigenvalue weighted by molar-refractivity contribution is 0.0113. The summed E-state index contributed by atoms with van der Waals surface area (Å²) in [6, 6.07) is 6.57. The molecule has 2 heterocycles. The fraction of sp³-hybridized carbons (Fsp3) is 0.333. The van der Waals surface area contributed by atoms with Crippen LogP contribution >= 0.6 is 0 Å². The number of benzene rings is 1. The van der Waals surface area contributed by atoms with Crippen LogP contribution in [0.2, 0.25) is 0 Å². The first kappa shape index (κ1) is 7.34. The summed E-state index contributed by atoms with van der Waals surface area (Å²) in [6.45, 7) is 4.25. The molecule has 0 saturated heterocycles. The minimum atomic E-state index is -0.145. The van der Waals surface area contributed by atoms with E-state index in [4.69, 9.17) is 4.74 Å². The van der Waals surface area contributed by atoms with Crippen molar-refractivity contribution >= 4 is 0 Å². The molecule has 0 fully saturated rings. The fourth-order valence-corrected chi connectivity index (χ4v) is 2.30. The second kappa shape index (κ2) is 2.05. The molecule has 13 heavy (non-hydrogen) atoms. The van der Waals surface area contributed by atoms with Crippen LogP contribution < -0.4 is 0 Å². The largest absolute Gasteiger partial charge is 0.354 e. The van der Waals surface area contributed by atoms with Crippen molar-refractivity contribution in [2.45, 2.75) is 25.6 Å². The van der Waals surface area contributed by atoms with Gasteiger partial charge in [-0.15, -0.1) is 0 Å². The highest BCUT2D eigenvalue weighted by Gasteiger charge is 2.42. The molecule has 3 rings (SSSR count). The molecule has 0 aromatic heterocycles. The third kappa shape index (κ3) is 0.802. The predicted octanol–water partition coefficient (Wildman–Crippen LogP) is 2.85. The molecule has 2 aliphatic rings. The maximum Gasteiger partial charge on any atom is 0.110 e. The van der Waals surface area contributed by atoms with Gasteiger partial charge in [-0.25, -0.2) is 0 Å². The van der Waals surface area contributed by atoms with Crippen LogP contribution in [-0.2, 0) is 10.3 Å². The monoisotopic (exact) mass is 172 g/mol. The van der Waals surface area contributed by atoms with Crippen LogP contribution in [0.5, 0.6) is 0 Å². The lowest BCUT2D eigenvalue weighted by Crippen LogP contribution is -2.14.